The van der Waals surface area contributed by atoms with E-state index < -0.39 is 0 Å². The largest absolute Gasteiger partial charge is 0.456 e. The summed E-state index contributed by atoms with van der Waals surface area (Å²) in [7, 11) is 0. The molecule has 1 aliphatic carbocycles. The first-order valence-corrected chi connectivity index (χ1v) is 7.69. The second kappa shape index (κ2) is 4.20. The molecule has 1 saturated carbocycles. The fourth-order valence-electron chi connectivity index (χ4n) is 3.30. The Balaban J connectivity index is 1.99. The molecule has 2 nitrogen and oxygen atoms in total. The van der Waals surface area contributed by atoms with Gasteiger partial charge in [0.2, 0.25) is 5.43 Å². The summed E-state index contributed by atoms with van der Waals surface area (Å²) in [5.74, 6) is 0.673. The normalized spacial score (nSPS) is 14.9. The van der Waals surface area contributed by atoms with Gasteiger partial charge in [-0.25, -0.2) is 0 Å². The molecule has 1 aromatic heterocycles. The van der Waals surface area contributed by atoms with Crippen molar-refractivity contribution >= 4 is 32.7 Å². The first-order valence-electron chi connectivity index (χ1n) is 7.69. The Morgan fingerprint density at radius 3 is 2.55 bits per heavy atom. The van der Waals surface area contributed by atoms with Crippen LogP contribution in [0.1, 0.15) is 24.3 Å². The highest BCUT2D eigenvalue weighted by Gasteiger charge is 2.23. The maximum Gasteiger partial charge on any atom is 0.201 e. The van der Waals surface area contributed by atoms with E-state index in [1.807, 2.05) is 36.4 Å². The lowest BCUT2D eigenvalue weighted by Gasteiger charge is -2.07. The van der Waals surface area contributed by atoms with E-state index in [1.54, 1.807) is 0 Å². The van der Waals surface area contributed by atoms with Gasteiger partial charge in [-0.15, -0.1) is 0 Å². The Bertz CT molecular complexity index is 1100. The van der Waals surface area contributed by atoms with E-state index in [9.17, 15) is 4.79 Å². The van der Waals surface area contributed by atoms with E-state index in [0.29, 0.717) is 27.9 Å². The van der Waals surface area contributed by atoms with E-state index in [-0.39, 0.29) is 5.43 Å². The first kappa shape index (κ1) is 12.0. The fourth-order valence-corrected chi connectivity index (χ4v) is 3.30. The van der Waals surface area contributed by atoms with Crippen molar-refractivity contribution in [2.24, 2.45) is 0 Å². The summed E-state index contributed by atoms with van der Waals surface area (Å²) in [5, 5.41) is 3.47. The molecule has 0 spiro atoms. The monoisotopic (exact) mass is 286 g/mol. The first-order chi connectivity index (χ1) is 10.8. The molecule has 0 saturated heterocycles. The molecule has 0 unspecified atom stereocenters. The minimum atomic E-state index is 0.0652. The van der Waals surface area contributed by atoms with Crippen LogP contribution in [0.15, 0.2) is 63.8 Å². The zero-order chi connectivity index (χ0) is 14.7. The van der Waals surface area contributed by atoms with Gasteiger partial charge < -0.3 is 4.42 Å². The Labute approximate surface area is 127 Å². The van der Waals surface area contributed by atoms with Gasteiger partial charge in [0.25, 0.3) is 0 Å². The van der Waals surface area contributed by atoms with Crippen LogP contribution in [0.2, 0.25) is 0 Å². The number of fused-ring (bicyclic) bond motifs is 4. The van der Waals surface area contributed by atoms with Crippen LogP contribution in [-0.4, -0.2) is 0 Å². The maximum absolute atomic E-state index is 12.9. The van der Waals surface area contributed by atoms with Crippen LogP contribution < -0.4 is 5.43 Å². The zero-order valence-corrected chi connectivity index (χ0v) is 12.0. The molecular weight excluding hydrogens is 272 g/mol. The Morgan fingerprint density at radius 1 is 0.864 bits per heavy atom. The third-order valence-electron chi connectivity index (χ3n) is 4.63. The van der Waals surface area contributed by atoms with Crippen LogP contribution in [0.4, 0.5) is 0 Å². The molecule has 106 valence electrons. The van der Waals surface area contributed by atoms with Gasteiger partial charge >= 0.3 is 0 Å². The number of hydrogen-bond donors (Lipinski definition) is 0. The van der Waals surface area contributed by atoms with Gasteiger partial charge in [-0.1, -0.05) is 30.3 Å². The van der Waals surface area contributed by atoms with Crippen molar-refractivity contribution in [3.8, 4) is 0 Å². The quantitative estimate of drug-likeness (QED) is 0.365. The van der Waals surface area contributed by atoms with E-state index in [4.69, 9.17) is 4.42 Å². The number of hydrogen-bond acceptors (Lipinski definition) is 2. The highest BCUT2D eigenvalue weighted by Crippen LogP contribution is 2.41. The van der Waals surface area contributed by atoms with Gasteiger partial charge in [0, 0.05) is 0 Å². The topological polar surface area (TPSA) is 30.2 Å². The highest BCUT2D eigenvalue weighted by atomic mass is 16.3. The van der Waals surface area contributed by atoms with Crippen molar-refractivity contribution in [2.75, 3.05) is 0 Å². The third kappa shape index (κ3) is 1.64. The van der Waals surface area contributed by atoms with E-state index in [1.165, 1.54) is 18.4 Å². The Morgan fingerprint density at radius 2 is 1.68 bits per heavy atom. The molecule has 5 rings (SSSR count). The maximum atomic E-state index is 12.9. The molecule has 1 aliphatic rings. The van der Waals surface area contributed by atoms with Crippen LogP contribution in [-0.2, 0) is 0 Å². The van der Waals surface area contributed by atoms with Gasteiger partial charge in [0.15, 0.2) is 0 Å². The SMILES string of the molecule is O=c1c2ccccc2oc2ccc3ccc(C4CC4)cc3c12. The van der Waals surface area contributed by atoms with Gasteiger partial charge in [0.05, 0.1) is 10.8 Å². The average Bonchev–Trinajstić information content (AvgIpc) is 3.39. The van der Waals surface area contributed by atoms with Gasteiger partial charge in [-0.3, -0.25) is 4.79 Å². The summed E-state index contributed by atoms with van der Waals surface area (Å²) in [6.45, 7) is 0. The standard InChI is InChI=1S/C20H14O2/c21-20-15-3-1-2-4-17(15)22-18-10-9-13-7-8-14(12-5-6-12)11-16(13)19(18)20/h1-4,7-12H,5-6H2. The molecule has 0 bridgehead atoms. The second-order valence-corrected chi connectivity index (χ2v) is 6.12. The summed E-state index contributed by atoms with van der Waals surface area (Å²) >= 11 is 0. The molecule has 0 aliphatic heterocycles. The Hall–Kier alpha value is -2.61. The van der Waals surface area contributed by atoms with Crippen LogP contribution in [0.3, 0.4) is 0 Å². The minimum absolute atomic E-state index is 0.0652. The van der Waals surface area contributed by atoms with Crippen LogP contribution in [0.25, 0.3) is 32.7 Å². The predicted octanol–water partition coefficient (Wildman–Crippen LogP) is 4.98. The molecule has 1 fully saturated rings. The summed E-state index contributed by atoms with van der Waals surface area (Å²) in [5.41, 5.74) is 2.73. The molecule has 2 heteroatoms. The van der Waals surface area contributed by atoms with Crippen LogP contribution in [0.5, 0.6) is 0 Å². The number of benzene rings is 3. The lowest BCUT2D eigenvalue weighted by molar-refractivity contribution is 0.660. The average molecular weight is 286 g/mol. The fraction of sp³-hybridized carbons (Fsp3) is 0.150. The van der Waals surface area contributed by atoms with E-state index in [2.05, 4.69) is 18.2 Å². The molecule has 0 N–H and O–H groups in total. The van der Waals surface area contributed by atoms with Crippen molar-refractivity contribution in [1.82, 2.24) is 0 Å². The molecule has 22 heavy (non-hydrogen) atoms. The van der Waals surface area contributed by atoms with Crippen molar-refractivity contribution in [2.45, 2.75) is 18.8 Å². The summed E-state index contributed by atoms with van der Waals surface area (Å²) < 4.78 is 5.95. The molecule has 0 atom stereocenters. The van der Waals surface area contributed by atoms with Crippen molar-refractivity contribution in [3.63, 3.8) is 0 Å². The summed E-state index contributed by atoms with van der Waals surface area (Å²) in [4.78, 5) is 12.9. The second-order valence-electron chi connectivity index (χ2n) is 6.12. The highest BCUT2D eigenvalue weighted by molar-refractivity contribution is 6.08. The van der Waals surface area contributed by atoms with Crippen molar-refractivity contribution in [1.29, 1.82) is 0 Å². The Kier molecular flexibility index (Phi) is 2.29. The summed E-state index contributed by atoms with van der Waals surface area (Å²) in [6.07, 6.45) is 2.52. The molecule has 1 heterocycles. The predicted molar refractivity (Wildman–Crippen MR) is 89.5 cm³/mol. The van der Waals surface area contributed by atoms with Crippen LogP contribution in [0, 0.1) is 0 Å². The van der Waals surface area contributed by atoms with E-state index in [0.717, 1.165) is 10.8 Å². The summed E-state index contributed by atoms with van der Waals surface area (Å²) in [6, 6.07) is 17.9. The zero-order valence-electron chi connectivity index (χ0n) is 12.0. The smallest absolute Gasteiger partial charge is 0.201 e. The van der Waals surface area contributed by atoms with Gasteiger partial charge in [-0.2, -0.15) is 0 Å². The van der Waals surface area contributed by atoms with Crippen molar-refractivity contribution in [3.05, 3.63) is 70.4 Å². The molecule has 4 aromatic rings. The van der Waals surface area contributed by atoms with Gasteiger partial charge in [-0.05, 0) is 59.4 Å². The lowest BCUT2D eigenvalue weighted by Crippen LogP contribution is -2.02. The molecule has 0 radical (unpaired) electrons. The molecular formula is C20H14O2. The minimum Gasteiger partial charge on any atom is -0.456 e. The number of para-hydroxylation sites is 1. The third-order valence-corrected chi connectivity index (χ3v) is 4.63. The van der Waals surface area contributed by atoms with Gasteiger partial charge in [0.1, 0.15) is 11.2 Å². The number of rotatable bonds is 1. The lowest BCUT2D eigenvalue weighted by atomic mass is 10.00. The molecule has 0 amide bonds. The molecule has 3 aromatic carbocycles. The van der Waals surface area contributed by atoms with E-state index >= 15 is 0 Å². The van der Waals surface area contributed by atoms with Crippen LogP contribution >= 0.6 is 0 Å². The van der Waals surface area contributed by atoms with Crippen molar-refractivity contribution < 1.29 is 4.42 Å².